The molecule has 0 N–H and O–H groups in total. The molecule has 27 heavy (non-hydrogen) atoms. The lowest BCUT2D eigenvalue weighted by molar-refractivity contribution is -0.184. The highest BCUT2D eigenvalue weighted by Crippen LogP contribution is 2.44. The van der Waals surface area contributed by atoms with Gasteiger partial charge in [-0.3, -0.25) is 0 Å². The van der Waals surface area contributed by atoms with E-state index < -0.39 is 33.9 Å². The molecule has 0 radical (unpaired) electrons. The van der Waals surface area contributed by atoms with E-state index in [0.717, 1.165) is 0 Å². The highest BCUT2D eigenvalue weighted by atomic mass is 32.2. The first-order valence-corrected chi connectivity index (χ1v) is 10.4. The topological polar surface area (TPSA) is 61.2 Å². The fourth-order valence-electron chi connectivity index (χ4n) is 3.90. The van der Waals surface area contributed by atoms with Crippen molar-refractivity contribution in [3.8, 4) is 5.75 Å². The smallest absolute Gasteiger partial charge is 0.382 e. The second-order valence-electron chi connectivity index (χ2n) is 7.58. The Morgan fingerprint density at radius 2 is 1.96 bits per heavy atom. The van der Waals surface area contributed by atoms with E-state index in [2.05, 4.69) is 4.98 Å². The van der Waals surface area contributed by atoms with E-state index >= 15 is 0 Å². The molecule has 1 aliphatic rings. The van der Waals surface area contributed by atoms with Crippen LogP contribution in [0.2, 0.25) is 0 Å². The molecule has 1 fully saturated rings. The third kappa shape index (κ3) is 4.07. The number of fused-ring (bicyclic) bond motifs is 1. The summed E-state index contributed by atoms with van der Waals surface area (Å²) < 4.78 is 72.4. The van der Waals surface area contributed by atoms with Crippen LogP contribution in [0.5, 0.6) is 5.75 Å². The highest BCUT2D eigenvalue weighted by molar-refractivity contribution is 7.87. The second kappa shape index (κ2) is 7.00. The van der Waals surface area contributed by atoms with Gasteiger partial charge in [-0.15, -0.1) is 0 Å². The number of nitrogens with zero attached hydrogens (tertiary/aromatic N) is 2. The molecule has 150 valence electrons. The first-order valence-electron chi connectivity index (χ1n) is 8.90. The molecule has 3 atom stereocenters. The molecule has 0 bridgehead atoms. The number of imidazole rings is 1. The Morgan fingerprint density at radius 3 is 2.59 bits per heavy atom. The van der Waals surface area contributed by atoms with Gasteiger partial charge in [0.25, 0.3) is 0 Å². The van der Waals surface area contributed by atoms with Crippen molar-refractivity contribution in [2.24, 2.45) is 24.8 Å². The van der Waals surface area contributed by atoms with Gasteiger partial charge in [0.2, 0.25) is 0 Å². The number of hydrogen-bond acceptors (Lipinski definition) is 4. The van der Waals surface area contributed by atoms with Gasteiger partial charge in [-0.25, -0.2) is 4.98 Å². The maximum atomic E-state index is 13.2. The molecule has 1 heterocycles. The van der Waals surface area contributed by atoms with E-state index in [1.807, 2.05) is 13.8 Å². The van der Waals surface area contributed by atoms with E-state index in [1.54, 1.807) is 24.0 Å². The minimum atomic E-state index is -4.40. The van der Waals surface area contributed by atoms with Crippen LogP contribution < -0.4 is 4.18 Å². The van der Waals surface area contributed by atoms with Crippen LogP contribution in [0, 0.1) is 17.8 Å². The molecule has 1 saturated carbocycles. The van der Waals surface area contributed by atoms with Gasteiger partial charge in [-0.1, -0.05) is 13.8 Å². The predicted molar refractivity (Wildman–Crippen MR) is 95.8 cm³/mol. The summed E-state index contributed by atoms with van der Waals surface area (Å²) >= 11 is 0. The fourth-order valence-corrected chi connectivity index (χ4v) is 5.74. The third-order valence-electron chi connectivity index (χ3n) is 5.44. The molecule has 5 nitrogen and oxygen atoms in total. The predicted octanol–water partition coefficient (Wildman–Crippen LogP) is 4.29. The minimum Gasteiger partial charge on any atom is -0.382 e. The summed E-state index contributed by atoms with van der Waals surface area (Å²) in [5, 5.41) is -1.18. The van der Waals surface area contributed by atoms with Gasteiger partial charge in [-0.2, -0.15) is 21.6 Å². The molecule has 3 unspecified atom stereocenters. The number of aromatic nitrogens is 2. The van der Waals surface area contributed by atoms with Gasteiger partial charge in [-0.05, 0) is 43.2 Å². The first-order chi connectivity index (χ1) is 12.5. The van der Waals surface area contributed by atoms with Crippen LogP contribution >= 0.6 is 0 Å². The molecule has 1 aromatic heterocycles. The molecular weight excluding hydrogens is 381 g/mol. The number of hydrogen-bond donors (Lipinski definition) is 0. The Balaban J connectivity index is 1.90. The van der Waals surface area contributed by atoms with Crippen molar-refractivity contribution in [3.05, 3.63) is 24.5 Å². The van der Waals surface area contributed by atoms with Crippen LogP contribution in [0.15, 0.2) is 24.5 Å². The highest BCUT2D eigenvalue weighted by Gasteiger charge is 2.49. The lowest BCUT2D eigenvalue weighted by Gasteiger charge is -2.37. The molecule has 1 aromatic carbocycles. The third-order valence-corrected chi connectivity index (χ3v) is 7.15. The van der Waals surface area contributed by atoms with Gasteiger partial charge in [0.05, 0.1) is 23.3 Å². The van der Waals surface area contributed by atoms with Crippen molar-refractivity contribution < 1.29 is 25.8 Å². The quantitative estimate of drug-likeness (QED) is 0.714. The van der Waals surface area contributed by atoms with Crippen molar-refractivity contribution in [2.75, 3.05) is 0 Å². The lowest BCUT2D eigenvalue weighted by atomic mass is 9.76. The Kier molecular flexibility index (Phi) is 5.18. The molecule has 1 aliphatic carbocycles. The average molecular weight is 404 g/mol. The van der Waals surface area contributed by atoms with E-state index in [4.69, 9.17) is 4.18 Å². The summed E-state index contributed by atoms with van der Waals surface area (Å²) in [5.74, 6) is -1.95. The van der Waals surface area contributed by atoms with Crippen LogP contribution in [0.1, 0.15) is 33.1 Å². The lowest BCUT2D eigenvalue weighted by Crippen LogP contribution is -2.43. The summed E-state index contributed by atoms with van der Waals surface area (Å²) in [6, 6.07) is 4.63. The largest absolute Gasteiger partial charge is 0.391 e. The standard InChI is InChI=1S/C18H23F3N2O3S/c1-11(2)14-6-4-12(18(19,20)21)8-17(14)27(24,25)26-13-5-7-15-16(9-13)23(3)10-22-15/h5,7,9-12,14,17H,4,6,8H2,1-3H3. The molecule has 0 amide bonds. The van der Waals surface area contributed by atoms with Gasteiger partial charge in [0.1, 0.15) is 11.0 Å². The number of halogens is 3. The first kappa shape index (κ1) is 20.0. The zero-order valence-electron chi connectivity index (χ0n) is 15.4. The number of rotatable bonds is 4. The average Bonchev–Trinajstić information content (AvgIpc) is 2.94. The number of alkyl halides is 3. The van der Waals surface area contributed by atoms with Gasteiger partial charge >= 0.3 is 16.3 Å². The fraction of sp³-hybridized carbons (Fsp3) is 0.611. The van der Waals surface area contributed by atoms with Crippen LogP contribution in [0.3, 0.4) is 0 Å². The molecule has 3 rings (SSSR count). The SMILES string of the molecule is CC(C)C1CCC(C(F)(F)F)CC1S(=O)(=O)Oc1ccc2ncn(C)c2c1. The Bertz CT molecular complexity index is 922. The zero-order chi connectivity index (χ0) is 20.0. The molecule has 9 heteroatoms. The molecule has 0 aliphatic heterocycles. The van der Waals surface area contributed by atoms with Crippen molar-refractivity contribution in [1.29, 1.82) is 0 Å². The Morgan fingerprint density at radius 1 is 1.26 bits per heavy atom. The monoisotopic (exact) mass is 404 g/mol. The van der Waals surface area contributed by atoms with E-state index in [9.17, 15) is 21.6 Å². The summed E-state index contributed by atoms with van der Waals surface area (Å²) in [6.07, 6.45) is -3.09. The summed E-state index contributed by atoms with van der Waals surface area (Å²) in [5.41, 5.74) is 1.36. The second-order valence-corrected chi connectivity index (χ2v) is 9.34. The van der Waals surface area contributed by atoms with Crippen LogP contribution in [0.4, 0.5) is 13.2 Å². The number of benzene rings is 1. The molecule has 2 aromatic rings. The van der Waals surface area contributed by atoms with E-state index in [0.29, 0.717) is 11.0 Å². The zero-order valence-corrected chi connectivity index (χ0v) is 16.2. The van der Waals surface area contributed by atoms with Crippen molar-refractivity contribution >= 4 is 21.2 Å². The van der Waals surface area contributed by atoms with E-state index in [-0.39, 0.29) is 30.4 Å². The van der Waals surface area contributed by atoms with Crippen LogP contribution in [-0.4, -0.2) is 29.4 Å². The normalized spacial score (nSPS) is 24.5. The van der Waals surface area contributed by atoms with Crippen molar-refractivity contribution in [1.82, 2.24) is 9.55 Å². The van der Waals surface area contributed by atoms with Crippen molar-refractivity contribution in [2.45, 2.75) is 44.5 Å². The van der Waals surface area contributed by atoms with Gasteiger partial charge < -0.3 is 8.75 Å². The molecule has 0 spiro atoms. The summed E-state index contributed by atoms with van der Waals surface area (Å²) in [7, 11) is -2.46. The summed E-state index contributed by atoms with van der Waals surface area (Å²) in [6.45, 7) is 3.67. The molecular formula is C18H23F3N2O3S. The van der Waals surface area contributed by atoms with Gasteiger partial charge in [0.15, 0.2) is 0 Å². The van der Waals surface area contributed by atoms with E-state index in [1.165, 1.54) is 12.1 Å². The number of aryl methyl sites for hydroxylation is 1. The Labute approximate surface area is 156 Å². The van der Waals surface area contributed by atoms with Crippen molar-refractivity contribution in [3.63, 3.8) is 0 Å². The maximum absolute atomic E-state index is 13.2. The van der Waals surface area contributed by atoms with Gasteiger partial charge in [0, 0.05) is 13.1 Å². The molecule has 0 saturated heterocycles. The summed E-state index contributed by atoms with van der Waals surface area (Å²) in [4.78, 5) is 4.15. The van der Waals surface area contributed by atoms with Crippen LogP contribution in [-0.2, 0) is 17.2 Å². The Hall–Kier alpha value is -1.77. The minimum absolute atomic E-state index is 0.0423. The van der Waals surface area contributed by atoms with Crippen LogP contribution in [0.25, 0.3) is 11.0 Å². The maximum Gasteiger partial charge on any atom is 0.391 e.